The lowest BCUT2D eigenvalue weighted by atomic mass is 10.1. The van der Waals surface area contributed by atoms with E-state index in [1.165, 1.54) is 0 Å². The van der Waals surface area contributed by atoms with Gasteiger partial charge in [0.05, 0.1) is 0 Å². The molecule has 0 aromatic rings. The second kappa shape index (κ2) is 33.2. The van der Waals surface area contributed by atoms with E-state index in [0.717, 1.165) is 89.9 Å². The number of allylic oxidation sites excluding steroid dienone is 11. The number of ether oxygens (including phenoxy) is 1. The number of carboxylic acid groups (broad SMARTS) is 1. The molecule has 0 saturated heterocycles. The number of carbonyl (C=O) groups excluding carboxylic acids is 2. The lowest BCUT2D eigenvalue weighted by Gasteiger charge is -2.15. The van der Waals surface area contributed by atoms with E-state index in [1.807, 2.05) is 6.08 Å². The van der Waals surface area contributed by atoms with E-state index in [9.17, 15) is 19.5 Å². The number of amides is 1. The van der Waals surface area contributed by atoms with Gasteiger partial charge in [-0.2, -0.15) is 0 Å². The minimum absolute atomic E-state index is 0.156. The van der Waals surface area contributed by atoms with Crippen molar-refractivity contribution in [1.29, 1.82) is 0 Å². The summed E-state index contributed by atoms with van der Waals surface area (Å²) in [7, 11) is 0. The van der Waals surface area contributed by atoms with Crippen LogP contribution < -0.4 is 11.1 Å². The zero-order valence-electron chi connectivity index (χ0n) is 28.9. The molecule has 0 bridgehead atoms. The fraction of sp³-hybridized carbons (Fsp3) is 0.615. The quantitative estimate of drug-likeness (QED) is 0.0409. The van der Waals surface area contributed by atoms with Crippen LogP contribution in [0.1, 0.15) is 136 Å². The van der Waals surface area contributed by atoms with Gasteiger partial charge in [0.2, 0.25) is 5.91 Å². The van der Waals surface area contributed by atoms with Gasteiger partial charge in [-0.1, -0.05) is 106 Å². The van der Waals surface area contributed by atoms with Crippen molar-refractivity contribution < 1.29 is 24.2 Å². The fourth-order valence-electron chi connectivity index (χ4n) is 4.56. The molecule has 0 aromatic carbocycles. The zero-order valence-corrected chi connectivity index (χ0v) is 28.9. The summed E-state index contributed by atoms with van der Waals surface area (Å²) < 4.78 is 5.80. The van der Waals surface area contributed by atoms with Gasteiger partial charge in [0.25, 0.3) is 0 Å². The maximum atomic E-state index is 12.5. The molecule has 7 heteroatoms. The number of unbranched alkanes of at least 4 members (excludes halogenated alkanes) is 6. The van der Waals surface area contributed by atoms with E-state index in [4.69, 9.17) is 10.5 Å². The van der Waals surface area contributed by atoms with Gasteiger partial charge < -0.3 is 20.9 Å². The van der Waals surface area contributed by atoms with Crippen LogP contribution in [-0.2, 0) is 19.1 Å². The molecule has 2 unspecified atom stereocenters. The third-order valence-electron chi connectivity index (χ3n) is 7.24. The van der Waals surface area contributed by atoms with Crippen LogP contribution in [0.2, 0.25) is 0 Å². The van der Waals surface area contributed by atoms with Crippen LogP contribution >= 0.6 is 0 Å². The highest BCUT2D eigenvalue weighted by molar-refractivity contribution is 5.83. The Morgan fingerprint density at radius 2 is 1.26 bits per heavy atom. The van der Waals surface area contributed by atoms with Crippen molar-refractivity contribution in [3.8, 4) is 0 Å². The number of nitrogens with one attached hydrogen (secondary N) is 1. The van der Waals surface area contributed by atoms with Crippen molar-refractivity contribution >= 4 is 17.8 Å². The number of esters is 1. The summed E-state index contributed by atoms with van der Waals surface area (Å²) in [6, 6.07) is -0.877. The van der Waals surface area contributed by atoms with E-state index >= 15 is 0 Å². The maximum absolute atomic E-state index is 12.5. The second-order valence-electron chi connectivity index (χ2n) is 11.5. The van der Waals surface area contributed by atoms with E-state index in [1.54, 1.807) is 0 Å². The van der Waals surface area contributed by atoms with Crippen LogP contribution in [-0.4, -0.2) is 41.6 Å². The summed E-state index contributed by atoms with van der Waals surface area (Å²) in [6.45, 7) is 4.70. The number of aliphatic carboxylic acids is 1. The maximum Gasteiger partial charge on any atom is 0.326 e. The summed E-state index contributed by atoms with van der Waals surface area (Å²) >= 11 is 0. The second-order valence-corrected chi connectivity index (χ2v) is 11.5. The van der Waals surface area contributed by atoms with Gasteiger partial charge in [-0.3, -0.25) is 9.59 Å². The fourth-order valence-corrected chi connectivity index (χ4v) is 4.56. The predicted molar refractivity (Wildman–Crippen MR) is 192 cm³/mol. The summed E-state index contributed by atoms with van der Waals surface area (Å²) in [5.41, 5.74) is 5.45. The third-order valence-corrected chi connectivity index (χ3v) is 7.24. The van der Waals surface area contributed by atoms with Crippen LogP contribution in [0.3, 0.4) is 0 Å². The standard InChI is InChI=1S/C39H64N2O5/c1-3-5-7-9-10-11-12-13-14-15-16-17-18-19-20-21-27-33-38(43)46-35(29-24-8-6-4-2)30-25-22-23-26-32-37(42)41-36(39(44)45)31-28-34-40/h5,7,10-11,13-14,16-17,19-20,24,29,35-36H,3-4,6,8-9,12,15,18,21-23,25-28,30-34,40H2,1-2H3,(H,41,42)(H,44,45)/b7-5-,11-10-,14-13-,17-16-,20-19-,29-24-. The Hall–Kier alpha value is -3.19. The number of rotatable bonds is 30. The largest absolute Gasteiger partial charge is 0.480 e. The Labute approximate surface area is 280 Å². The Kier molecular flexibility index (Phi) is 30.9. The van der Waals surface area contributed by atoms with Crippen molar-refractivity contribution in [3.63, 3.8) is 0 Å². The van der Waals surface area contributed by atoms with Crippen LogP contribution in [0.5, 0.6) is 0 Å². The molecule has 0 aliphatic rings. The van der Waals surface area contributed by atoms with Crippen molar-refractivity contribution in [1.82, 2.24) is 5.32 Å². The highest BCUT2D eigenvalue weighted by atomic mass is 16.5. The lowest BCUT2D eigenvalue weighted by molar-refractivity contribution is -0.147. The molecule has 260 valence electrons. The number of hydrogen-bond donors (Lipinski definition) is 3. The first-order valence-corrected chi connectivity index (χ1v) is 17.8. The zero-order chi connectivity index (χ0) is 33.9. The number of carboxylic acids is 1. The highest BCUT2D eigenvalue weighted by Gasteiger charge is 2.18. The molecule has 2 atom stereocenters. The van der Waals surface area contributed by atoms with Gasteiger partial charge in [0.1, 0.15) is 12.1 Å². The molecular formula is C39H64N2O5. The molecular weight excluding hydrogens is 576 g/mol. The number of nitrogens with two attached hydrogens (primary N) is 1. The molecule has 0 spiro atoms. The molecule has 0 heterocycles. The van der Waals surface area contributed by atoms with Crippen LogP contribution in [0, 0.1) is 0 Å². The lowest BCUT2D eigenvalue weighted by Crippen LogP contribution is -2.40. The molecule has 0 aliphatic carbocycles. The minimum atomic E-state index is -1.02. The Bertz CT molecular complexity index is 948. The first-order chi connectivity index (χ1) is 22.4. The third kappa shape index (κ3) is 29.5. The summed E-state index contributed by atoms with van der Waals surface area (Å²) in [5.74, 6) is -1.42. The van der Waals surface area contributed by atoms with Crippen LogP contribution in [0.25, 0.3) is 0 Å². The van der Waals surface area contributed by atoms with Gasteiger partial charge in [0.15, 0.2) is 0 Å². The molecule has 0 aromatic heterocycles. The molecule has 0 radical (unpaired) electrons. The van der Waals surface area contributed by atoms with Gasteiger partial charge >= 0.3 is 11.9 Å². The van der Waals surface area contributed by atoms with Gasteiger partial charge in [-0.05, 0) is 96.1 Å². The smallest absolute Gasteiger partial charge is 0.326 e. The SMILES string of the molecule is CC/C=C\C/C=C\C/C=C\C/C=C\C/C=C\CCCC(=O)OC(/C=C\CCCC)CCCCCCC(=O)NC(CCCN)C(=O)O. The van der Waals surface area contributed by atoms with Crippen LogP contribution in [0.4, 0.5) is 0 Å². The van der Waals surface area contributed by atoms with Crippen molar-refractivity contribution in [3.05, 3.63) is 72.9 Å². The summed E-state index contributed by atoms with van der Waals surface area (Å²) in [6.07, 6.45) is 41.2. The van der Waals surface area contributed by atoms with Crippen molar-refractivity contribution in [2.75, 3.05) is 6.54 Å². The Morgan fingerprint density at radius 3 is 1.85 bits per heavy atom. The molecule has 0 saturated carbocycles. The van der Waals surface area contributed by atoms with E-state index < -0.39 is 12.0 Å². The summed E-state index contributed by atoms with van der Waals surface area (Å²) in [4.78, 5) is 35.9. The minimum Gasteiger partial charge on any atom is -0.480 e. The molecule has 46 heavy (non-hydrogen) atoms. The van der Waals surface area contributed by atoms with Crippen molar-refractivity contribution in [2.45, 2.75) is 148 Å². The molecule has 0 aliphatic heterocycles. The molecule has 1 amide bonds. The topological polar surface area (TPSA) is 119 Å². The molecule has 0 rings (SSSR count). The molecule has 4 N–H and O–H groups in total. The van der Waals surface area contributed by atoms with Gasteiger partial charge in [0, 0.05) is 12.8 Å². The van der Waals surface area contributed by atoms with E-state index in [0.29, 0.717) is 38.6 Å². The molecule has 7 nitrogen and oxygen atoms in total. The first kappa shape index (κ1) is 42.8. The normalized spacial score (nSPS) is 13.6. The highest BCUT2D eigenvalue weighted by Crippen LogP contribution is 2.14. The first-order valence-electron chi connectivity index (χ1n) is 17.8. The monoisotopic (exact) mass is 640 g/mol. The average molecular weight is 641 g/mol. The summed E-state index contributed by atoms with van der Waals surface area (Å²) in [5, 5.41) is 11.8. The predicted octanol–water partition coefficient (Wildman–Crippen LogP) is 9.22. The number of carbonyl (C=O) groups is 3. The molecule has 0 fully saturated rings. The van der Waals surface area contributed by atoms with E-state index in [2.05, 4.69) is 86.0 Å². The van der Waals surface area contributed by atoms with Gasteiger partial charge in [-0.25, -0.2) is 4.79 Å². The Balaban J connectivity index is 4.23. The van der Waals surface area contributed by atoms with Crippen molar-refractivity contribution in [2.24, 2.45) is 5.73 Å². The average Bonchev–Trinajstić information content (AvgIpc) is 3.04. The number of hydrogen-bond acceptors (Lipinski definition) is 5. The van der Waals surface area contributed by atoms with Crippen LogP contribution in [0.15, 0.2) is 72.9 Å². The Morgan fingerprint density at radius 1 is 0.674 bits per heavy atom. The van der Waals surface area contributed by atoms with Gasteiger partial charge in [-0.15, -0.1) is 0 Å². The van der Waals surface area contributed by atoms with E-state index in [-0.39, 0.29) is 18.0 Å².